The van der Waals surface area contributed by atoms with E-state index in [0.717, 1.165) is 5.56 Å². The number of hydrogen-bond donors (Lipinski definition) is 2. The molecule has 156 valence electrons. The number of nitrogens with two attached hydrogens (primary N) is 1. The molecule has 7 nitrogen and oxygen atoms in total. The zero-order valence-electron chi connectivity index (χ0n) is 16.0. The molecule has 3 aromatic rings. The Morgan fingerprint density at radius 3 is 2.57 bits per heavy atom. The van der Waals surface area contributed by atoms with Gasteiger partial charge in [-0.3, -0.25) is 0 Å². The van der Waals surface area contributed by atoms with Crippen LogP contribution in [0.1, 0.15) is 11.1 Å². The molecule has 0 amide bonds. The monoisotopic (exact) mass is 418 g/mol. The zero-order chi connectivity index (χ0) is 21.5. The number of rotatable bonds is 4. The second-order valence-electron chi connectivity index (χ2n) is 6.53. The average Bonchev–Trinajstić information content (AvgIpc) is 3.16. The molecule has 30 heavy (non-hydrogen) atoms. The second kappa shape index (κ2) is 7.29. The molecule has 1 aliphatic rings. The largest absolute Gasteiger partial charge is 0.497 e. The number of benzene rings is 2. The van der Waals surface area contributed by atoms with Gasteiger partial charge < -0.3 is 25.3 Å². The minimum Gasteiger partial charge on any atom is -0.497 e. The molecule has 0 spiro atoms. The van der Waals surface area contributed by atoms with Crippen molar-refractivity contribution in [1.82, 2.24) is 9.97 Å². The number of hydrogen-bond acceptors (Lipinski definition) is 7. The molecule has 0 saturated carbocycles. The van der Waals surface area contributed by atoms with E-state index in [1.54, 1.807) is 18.2 Å². The summed E-state index contributed by atoms with van der Waals surface area (Å²) in [5.74, 6) is 0.576. The summed E-state index contributed by atoms with van der Waals surface area (Å²) >= 11 is 0. The highest BCUT2D eigenvalue weighted by Gasteiger charge is 2.38. The van der Waals surface area contributed by atoms with Gasteiger partial charge in [0.15, 0.2) is 11.5 Å². The second-order valence-corrected chi connectivity index (χ2v) is 6.53. The van der Waals surface area contributed by atoms with Crippen molar-refractivity contribution in [1.29, 1.82) is 0 Å². The summed E-state index contributed by atoms with van der Waals surface area (Å²) in [6, 6.07) is 9.67. The lowest BCUT2D eigenvalue weighted by Crippen LogP contribution is -2.15. The van der Waals surface area contributed by atoms with Crippen LogP contribution in [0.3, 0.4) is 0 Å². The highest BCUT2D eigenvalue weighted by Crippen LogP contribution is 2.42. The van der Waals surface area contributed by atoms with E-state index >= 15 is 0 Å². The van der Waals surface area contributed by atoms with E-state index in [-0.39, 0.29) is 24.0 Å². The number of methoxy groups -OCH3 is 1. The van der Waals surface area contributed by atoms with E-state index in [1.807, 2.05) is 6.92 Å². The molecule has 1 aromatic heterocycles. The molecular weight excluding hydrogens is 401 g/mol. The number of ether oxygens (including phenoxy) is 3. The third-order valence-corrected chi connectivity index (χ3v) is 4.56. The van der Waals surface area contributed by atoms with Crippen LogP contribution in [0.25, 0.3) is 11.3 Å². The Morgan fingerprint density at radius 2 is 1.83 bits per heavy atom. The Bertz CT molecular complexity index is 1120. The van der Waals surface area contributed by atoms with Crippen LogP contribution in [-0.4, -0.2) is 23.9 Å². The molecule has 4 rings (SSSR count). The predicted octanol–water partition coefficient (Wildman–Crippen LogP) is 4.53. The Labute approximate surface area is 169 Å². The molecule has 0 fully saturated rings. The maximum absolute atomic E-state index is 13.7. The van der Waals surface area contributed by atoms with Crippen LogP contribution >= 0.6 is 0 Å². The van der Waals surface area contributed by atoms with Crippen LogP contribution in [0.2, 0.25) is 0 Å². The van der Waals surface area contributed by atoms with Crippen molar-refractivity contribution >= 4 is 17.5 Å². The maximum atomic E-state index is 13.7. The third-order valence-electron chi connectivity index (χ3n) is 4.56. The fourth-order valence-corrected chi connectivity index (χ4v) is 3.05. The highest BCUT2D eigenvalue weighted by atomic mass is 19.4. The summed E-state index contributed by atoms with van der Waals surface area (Å²) in [6.45, 7) is 1.83. The van der Waals surface area contributed by atoms with Crippen molar-refractivity contribution in [3.8, 4) is 28.5 Å². The van der Waals surface area contributed by atoms with Crippen molar-refractivity contribution in [3.63, 3.8) is 0 Å². The molecule has 1 aliphatic heterocycles. The topological polar surface area (TPSA) is 91.5 Å². The molecule has 0 radical (unpaired) electrons. The molecule has 0 saturated heterocycles. The number of alkyl halides is 3. The van der Waals surface area contributed by atoms with Gasteiger partial charge in [-0.05, 0) is 36.8 Å². The van der Waals surface area contributed by atoms with Gasteiger partial charge in [0.2, 0.25) is 12.7 Å². The molecule has 0 bridgehead atoms. The van der Waals surface area contributed by atoms with Gasteiger partial charge in [0, 0.05) is 17.3 Å². The molecule has 0 atom stereocenters. The highest BCUT2D eigenvalue weighted by molar-refractivity contribution is 5.74. The average molecular weight is 418 g/mol. The third kappa shape index (κ3) is 3.63. The number of aromatic nitrogens is 2. The number of nitrogens with zero attached hydrogens (tertiary/aromatic N) is 2. The van der Waals surface area contributed by atoms with Crippen molar-refractivity contribution in [3.05, 3.63) is 47.5 Å². The lowest BCUT2D eigenvalue weighted by Gasteiger charge is -2.17. The summed E-state index contributed by atoms with van der Waals surface area (Å²) in [7, 11) is 1.51. The molecule has 2 aromatic carbocycles. The van der Waals surface area contributed by atoms with Gasteiger partial charge in [0.1, 0.15) is 17.1 Å². The Hall–Kier alpha value is -3.69. The summed E-state index contributed by atoms with van der Waals surface area (Å²) in [5, 5.41) is 2.92. The lowest BCUT2D eigenvalue weighted by atomic mass is 10.1. The fourth-order valence-electron chi connectivity index (χ4n) is 3.05. The van der Waals surface area contributed by atoms with Crippen LogP contribution in [-0.2, 0) is 6.18 Å². The van der Waals surface area contributed by atoms with Gasteiger partial charge in [0.25, 0.3) is 0 Å². The quantitative estimate of drug-likeness (QED) is 0.643. The van der Waals surface area contributed by atoms with Crippen LogP contribution in [0.5, 0.6) is 17.2 Å². The standard InChI is InChI=1S/C20H17F3N4O3/c1-10-3-5-12(28-2)8-13(10)25-19-26-17(16(18(24)27-19)20(21,22)23)11-4-6-14-15(7-11)30-9-29-14/h3-8H,9H2,1-2H3,(H3,24,25,26,27). The molecule has 0 aliphatic carbocycles. The minimum absolute atomic E-state index is 0.00124. The number of nitrogen functional groups attached to an aromatic ring is 1. The van der Waals surface area contributed by atoms with Crippen LogP contribution in [0.4, 0.5) is 30.6 Å². The van der Waals surface area contributed by atoms with E-state index in [2.05, 4.69) is 15.3 Å². The molecule has 10 heteroatoms. The van der Waals surface area contributed by atoms with E-state index in [0.29, 0.717) is 22.9 Å². The van der Waals surface area contributed by atoms with Gasteiger partial charge >= 0.3 is 6.18 Å². The van der Waals surface area contributed by atoms with Crippen molar-refractivity contribution in [2.24, 2.45) is 0 Å². The summed E-state index contributed by atoms with van der Waals surface area (Å²) in [5.41, 5.74) is 5.80. The molecule has 3 N–H and O–H groups in total. The smallest absolute Gasteiger partial charge is 0.422 e. The number of halogens is 3. The first kappa shape index (κ1) is 19.6. The first-order valence-corrected chi connectivity index (χ1v) is 8.82. The van der Waals surface area contributed by atoms with E-state index in [4.69, 9.17) is 19.9 Å². The Kier molecular flexibility index (Phi) is 4.76. The number of anilines is 3. The minimum atomic E-state index is -4.75. The van der Waals surface area contributed by atoms with Gasteiger partial charge in [-0.2, -0.15) is 18.2 Å². The maximum Gasteiger partial charge on any atom is 0.422 e. The molecular formula is C20H17F3N4O3. The van der Waals surface area contributed by atoms with E-state index < -0.39 is 17.6 Å². The molecule has 0 unspecified atom stereocenters. The SMILES string of the molecule is COc1ccc(C)c(Nc2nc(N)c(C(F)(F)F)c(-c3ccc4c(c3)OCO4)n2)c1. The predicted molar refractivity (Wildman–Crippen MR) is 104 cm³/mol. The fraction of sp³-hybridized carbons (Fsp3) is 0.200. The van der Waals surface area contributed by atoms with Crippen LogP contribution < -0.4 is 25.3 Å². The van der Waals surface area contributed by atoms with Gasteiger partial charge in [-0.1, -0.05) is 6.07 Å². The zero-order valence-corrected chi connectivity index (χ0v) is 16.0. The number of fused-ring (bicyclic) bond motifs is 1. The van der Waals surface area contributed by atoms with Crippen molar-refractivity contribution in [2.75, 3.05) is 25.0 Å². The van der Waals surface area contributed by atoms with Crippen molar-refractivity contribution in [2.45, 2.75) is 13.1 Å². The van der Waals surface area contributed by atoms with Gasteiger partial charge in [-0.15, -0.1) is 0 Å². The lowest BCUT2D eigenvalue weighted by molar-refractivity contribution is -0.136. The number of aryl methyl sites for hydroxylation is 1. The van der Waals surface area contributed by atoms with E-state index in [1.165, 1.54) is 25.3 Å². The summed E-state index contributed by atoms with van der Waals surface area (Å²) < 4.78 is 56.9. The summed E-state index contributed by atoms with van der Waals surface area (Å²) in [6.07, 6.45) is -4.75. The number of nitrogens with one attached hydrogen (secondary N) is 1. The first-order chi connectivity index (χ1) is 14.3. The molecule has 2 heterocycles. The normalized spacial score (nSPS) is 12.7. The van der Waals surface area contributed by atoms with Crippen molar-refractivity contribution < 1.29 is 27.4 Å². The van der Waals surface area contributed by atoms with Gasteiger partial charge in [-0.25, -0.2) is 4.98 Å². The Morgan fingerprint density at radius 1 is 1.07 bits per heavy atom. The Balaban J connectivity index is 1.83. The van der Waals surface area contributed by atoms with Crippen LogP contribution in [0, 0.1) is 6.92 Å². The van der Waals surface area contributed by atoms with Gasteiger partial charge in [0.05, 0.1) is 12.8 Å². The van der Waals surface area contributed by atoms with Crippen LogP contribution in [0.15, 0.2) is 36.4 Å². The van der Waals surface area contributed by atoms with E-state index in [9.17, 15) is 13.2 Å². The summed E-state index contributed by atoms with van der Waals surface area (Å²) in [4.78, 5) is 7.96. The first-order valence-electron chi connectivity index (χ1n) is 8.82.